The number of carbonyl (C=O) groups is 3. The number of nitrogens with zero attached hydrogens (tertiary/aromatic N) is 5. The van der Waals surface area contributed by atoms with E-state index in [-0.39, 0.29) is 5.60 Å². The molecule has 2 saturated heterocycles. The van der Waals surface area contributed by atoms with Gasteiger partial charge in [0.2, 0.25) is 0 Å². The minimum atomic E-state index is -5.08. The fourth-order valence-corrected chi connectivity index (χ4v) is 3.98. The van der Waals surface area contributed by atoms with Gasteiger partial charge in [-0.2, -0.15) is 39.5 Å². The number of hydrogen-bond donors (Lipinski definition) is 3. The van der Waals surface area contributed by atoms with E-state index >= 15 is 0 Å². The van der Waals surface area contributed by atoms with Gasteiger partial charge in [0, 0.05) is 64.6 Å². The van der Waals surface area contributed by atoms with Crippen LogP contribution >= 0.6 is 0 Å². The zero-order valence-electron chi connectivity index (χ0n) is 23.9. The number of halogens is 9. The van der Waals surface area contributed by atoms with E-state index in [1.165, 1.54) is 5.56 Å². The van der Waals surface area contributed by atoms with Crippen molar-refractivity contribution >= 4 is 17.9 Å². The number of morpholine rings is 1. The van der Waals surface area contributed by atoms with Gasteiger partial charge >= 0.3 is 36.4 Å². The van der Waals surface area contributed by atoms with Gasteiger partial charge in [0.1, 0.15) is 5.82 Å². The molecule has 0 aromatic carbocycles. The maximum atomic E-state index is 10.6. The molecule has 0 aliphatic carbocycles. The van der Waals surface area contributed by atoms with E-state index in [1.807, 2.05) is 30.9 Å². The van der Waals surface area contributed by atoms with Crippen LogP contribution in [0.2, 0.25) is 0 Å². The molecule has 0 atom stereocenters. The van der Waals surface area contributed by atoms with Gasteiger partial charge in [0.05, 0.1) is 18.8 Å². The summed E-state index contributed by atoms with van der Waals surface area (Å²) in [5.74, 6) is -7.13. The number of aryl methyl sites for hydroxylation is 1. The van der Waals surface area contributed by atoms with Gasteiger partial charge in [-0.1, -0.05) is 6.07 Å². The lowest BCUT2D eigenvalue weighted by molar-refractivity contribution is -0.193. The number of carboxylic acids is 3. The first-order valence-corrected chi connectivity index (χ1v) is 12.9. The molecular weight excluding hydrogens is 653 g/mol. The van der Waals surface area contributed by atoms with Crippen molar-refractivity contribution in [2.45, 2.75) is 50.1 Å². The van der Waals surface area contributed by atoms with Crippen LogP contribution in [0, 0.1) is 0 Å². The summed E-state index contributed by atoms with van der Waals surface area (Å²) in [5.41, 5.74) is 1.31. The number of imidazole rings is 1. The quantitative estimate of drug-likeness (QED) is 0.405. The first-order chi connectivity index (χ1) is 21.1. The van der Waals surface area contributed by atoms with E-state index in [4.69, 9.17) is 34.4 Å². The smallest absolute Gasteiger partial charge is 0.475 e. The fraction of sp³-hybridized carbons (Fsp3) is 0.560. The number of carboxylic acid groups (broad SMARTS) is 3. The number of ether oxygens (including phenoxy) is 1. The lowest BCUT2D eigenvalue weighted by Crippen LogP contribution is -2.56. The van der Waals surface area contributed by atoms with E-state index in [0.29, 0.717) is 0 Å². The minimum Gasteiger partial charge on any atom is -0.475 e. The van der Waals surface area contributed by atoms with Gasteiger partial charge < -0.3 is 24.6 Å². The van der Waals surface area contributed by atoms with Crippen LogP contribution in [0.1, 0.15) is 24.2 Å². The summed E-state index contributed by atoms with van der Waals surface area (Å²) in [7, 11) is 2.06. The van der Waals surface area contributed by atoms with Crippen molar-refractivity contribution in [1.29, 1.82) is 0 Å². The van der Waals surface area contributed by atoms with Crippen LogP contribution in [0.5, 0.6) is 0 Å². The standard InChI is InChI=1S/C19H27N5O.3C2HF3O2/c1-22-10-7-21-18(22)15-23-8-4-19(5-9-23)16-24(11-12-25-19)14-17-3-2-6-20-13-17;3*3-2(4,5)1(6)7/h2-3,6-7,10,13H,4-5,8-9,11-12,14-16H2,1H3;3*(H,6,7). The molecule has 4 heterocycles. The molecular formula is C25H30F9N5O7. The first kappa shape index (κ1) is 40.0. The lowest BCUT2D eigenvalue weighted by Gasteiger charge is -2.47. The second-order valence-electron chi connectivity index (χ2n) is 9.74. The number of pyridine rings is 1. The molecule has 12 nitrogen and oxygen atoms in total. The predicted molar refractivity (Wildman–Crippen MR) is 137 cm³/mol. The Bertz CT molecular complexity index is 1190. The lowest BCUT2D eigenvalue weighted by atomic mass is 9.89. The van der Waals surface area contributed by atoms with Crippen molar-refractivity contribution in [2.75, 3.05) is 32.8 Å². The minimum absolute atomic E-state index is 0.0264. The third-order valence-electron chi connectivity index (χ3n) is 6.24. The van der Waals surface area contributed by atoms with Crippen LogP contribution in [0.25, 0.3) is 0 Å². The number of aromatic nitrogens is 3. The van der Waals surface area contributed by atoms with Crippen molar-refractivity contribution in [3.63, 3.8) is 0 Å². The molecule has 2 aromatic heterocycles. The third kappa shape index (κ3) is 14.9. The molecule has 4 rings (SSSR count). The number of alkyl halides is 9. The molecule has 0 amide bonds. The number of rotatable bonds is 4. The number of likely N-dealkylation sites (tertiary alicyclic amines) is 1. The number of hydrogen-bond acceptors (Lipinski definition) is 8. The predicted octanol–water partition coefficient (Wildman–Crippen LogP) is 3.58. The van der Waals surface area contributed by atoms with Crippen LogP contribution in [-0.4, -0.2) is 114 Å². The molecule has 21 heteroatoms. The van der Waals surface area contributed by atoms with Gasteiger partial charge in [0.25, 0.3) is 0 Å². The van der Waals surface area contributed by atoms with Gasteiger partial charge in [-0.15, -0.1) is 0 Å². The van der Waals surface area contributed by atoms with Crippen LogP contribution in [0.3, 0.4) is 0 Å². The van der Waals surface area contributed by atoms with Gasteiger partial charge in [-0.3, -0.25) is 14.8 Å². The van der Waals surface area contributed by atoms with Crippen LogP contribution in [-0.2, 0) is 39.3 Å². The summed E-state index contributed by atoms with van der Waals surface area (Å²) in [6.45, 7) is 6.92. The Morgan fingerprint density at radius 3 is 1.72 bits per heavy atom. The molecule has 2 aliphatic rings. The highest BCUT2D eigenvalue weighted by Crippen LogP contribution is 2.31. The summed E-state index contributed by atoms with van der Waals surface area (Å²) in [5, 5.41) is 21.4. The van der Waals surface area contributed by atoms with Crippen molar-refractivity contribution < 1.29 is 74.0 Å². The largest absolute Gasteiger partial charge is 0.490 e. The maximum Gasteiger partial charge on any atom is 0.490 e. The highest BCUT2D eigenvalue weighted by molar-refractivity contribution is 5.73. The van der Waals surface area contributed by atoms with Crippen molar-refractivity contribution in [2.24, 2.45) is 7.05 Å². The summed E-state index contributed by atoms with van der Waals surface area (Å²) in [4.78, 5) is 40.4. The average molecular weight is 684 g/mol. The second kappa shape index (κ2) is 17.1. The van der Waals surface area contributed by atoms with E-state index in [0.717, 1.165) is 64.5 Å². The fourth-order valence-electron chi connectivity index (χ4n) is 3.98. The molecule has 1 spiro atoms. The summed E-state index contributed by atoms with van der Waals surface area (Å²) >= 11 is 0. The van der Waals surface area contributed by atoms with E-state index < -0.39 is 36.4 Å². The first-order valence-electron chi connectivity index (χ1n) is 12.9. The zero-order valence-corrected chi connectivity index (χ0v) is 23.9. The average Bonchev–Trinajstić information content (AvgIpc) is 3.34. The summed E-state index contributed by atoms with van der Waals surface area (Å²) in [6.07, 6.45) is -5.36. The number of piperidine rings is 1. The normalized spacial score (nSPS) is 16.9. The van der Waals surface area contributed by atoms with E-state index in [2.05, 4.69) is 37.4 Å². The summed E-state index contributed by atoms with van der Waals surface area (Å²) < 4.78 is 104. The Labute approximate surface area is 255 Å². The number of aliphatic carboxylic acids is 3. The monoisotopic (exact) mass is 683 g/mol. The van der Waals surface area contributed by atoms with Gasteiger partial charge in [-0.05, 0) is 24.5 Å². The molecule has 260 valence electrons. The summed E-state index contributed by atoms with van der Waals surface area (Å²) in [6, 6.07) is 4.17. The Kier molecular flexibility index (Phi) is 14.9. The van der Waals surface area contributed by atoms with Crippen molar-refractivity contribution in [1.82, 2.24) is 24.3 Å². The van der Waals surface area contributed by atoms with Crippen LogP contribution in [0.15, 0.2) is 36.9 Å². The topological polar surface area (TPSA) is 158 Å². The van der Waals surface area contributed by atoms with Gasteiger partial charge in [-0.25, -0.2) is 19.4 Å². The highest BCUT2D eigenvalue weighted by atomic mass is 19.4. The van der Waals surface area contributed by atoms with E-state index in [9.17, 15) is 39.5 Å². The van der Waals surface area contributed by atoms with Crippen LogP contribution < -0.4 is 0 Å². The Morgan fingerprint density at radius 1 is 0.826 bits per heavy atom. The molecule has 0 saturated carbocycles. The second-order valence-corrected chi connectivity index (χ2v) is 9.74. The van der Waals surface area contributed by atoms with E-state index in [1.54, 1.807) is 0 Å². The van der Waals surface area contributed by atoms with Crippen LogP contribution in [0.4, 0.5) is 39.5 Å². The maximum absolute atomic E-state index is 10.6. The zero-order chi connectivity index (χ0) is 35.3. The Balaban J connectivity index is 0.000000413. The third-order valence-corrected chi connectivity index (χ3v) is 6.24. The molecule has 2 aromatic rings. The molecule has 2 aliphatic heterocycles. The van der Waals surface area contributed by atoms with Crippen molar-refractivity contribution in [3.8, 4) is 0 Å². The molecule has 2 fully saturated rings. The molecule has 46 heavy (non-hydrogen) atoms. The molecule has 0 unspecified atom stereocenters. The molecule has 3 N–H and O–H groups in total. The van der Waals surface area contributed by atoms with Gasteiger partial charge in [0.15, 0.2) is 0 Å². The SMILES string of the molecule is Cn1ccnc1CN1CCC2(CC1)CN(Cc1cccnc1)CCO2.O=C(O)C(F)(F)F.O=C(O)C(F)(F)F.O=C(O)C(F)(F)F. The Morgan fingerprint density at radius 2 is 1.33 bits per heavy atom. The Hall–Kier alpha value is -3.98. The molecule has 0 radical (unpaired) electrons. The highest BCUT2D eigenvalue weighted by Gasteiger charge is 2.41. The van der Waals surface area contributed by atoms with Crippen molar-refractivity contribution in [3.05, 3.63) is 48.3 Å². The molecule has 0 bridgehead atoms.